The zero-order valence-corrected chi connectivity index (χ0v) is 17.5. The van der Waals surface area contributed by atoms with Gasteiger partial charge >= 0.3 is 0 Å². The summed E-state index contributed by atoms with van der Waals surface area (Å²) >= 11 is 1.70. The lowest BCUT2D eigenvalue weighted by molar-refractivity contribution is 0.468. The Morgan fingerprint density at radius 1 is 1.38 bits per heavy atom. The van der Waals surface area contributed by atoms with Gasteiger partial charge in [-0.25, -0.2) is 4.98 Å². The molecule has 2 atom stereocenters. The second kappa shape index (κ2) is 8.80. The molecule has 2 aromatic rings. The predicted molar refractivity (Wildman–Crippen MR) is 112 cm³/mol. The minimum absolute atomic E-state index is 0. The van der Waals surface area contributed by atoms with Crippen molar-refractivity contribution in [3.8, 4) is 0 Å². The van der Waals surface area contributed by atoms with Gasteiger partial charge in [0.25, 0.3) is 0 Å². The van der Waals surface area contributed by atoms with E-state index in [9.17, 15) is 0 Å². The number of aromatic nitrogens is 1. The summed E-state index contributed by atoms with van der Waals surface area (Å²) in [5, 5.41) is 6.86. The second-order valence-corrected chi connectivity index (χ2v) is 7.08. The van der Waals surface area contributed by atoms with Gasteiger partial charge in [-0.1, -0.05) is 30.3 Å². The van der Waals surface area contributed by atoms with E-state index in [1.807, 2.05) is 6.92 Å². The Bertz CT molecular complexity index is 671. The highest BCUT2D eigenvalue weighted by atomic mass is 127. The maximum atomic E-state index is 4.64. The van der Waals surface area contributed by atoms with Crippen LogP contribution in [0.4, 0.5) is 0 Å². The second-order valence-electron chi connectivity index (χ2n) is 6.02. The highest BCUT2D eigenvalue weighted by Crippen LogP contribution is 2.40. The lowest BCUT2D eigenvalue weighted by Crippen LogP contribution is -2.40. The summed E-state index contributed by atoms with van der Waals surface area (Å²) in [5.41, 5.74) is 2.52. The first-order chi connectivity index (χ1) is 11.2. The third kappa shape index (κ3) is 4.92. The van der Waals surface area contributed by atoms with Crippen molar-refractivity contribution in [3.05, 3.63) is 52.0 Å². The first-order valence-corrected chi connectivity index (χ1v) is 9.03. The molecular formula is C18H25IN4S. The van der Waals surface area contributed by atoms with Crippen molar-refractivity contribution in [1.82, 2.24) is 15.2 Å². The van der Waals surface area contributed by atoms with E-state index in [0.717, 1.165) is 29.8 Å². The molecule has 1 aliphatic carbocycles. The molecule has 0 spiro atoms. The summed E-state index contributed by atoms with van der Waals surface area (Å²) in [4.78, 5) is 11.4. The molecule has 3 rings (SSSR count). The van der Waals surface area contributed by atoms with Gasteiger partial charge in [0.1, 0.15) is 0 Å². The SMILES string of the molecule is CCN=C(NC1CC1c1ccccc1)N(C)Cc1csc(C)n1.I. The highest BCUT2D eigenvalue weighted by Gasteiger charge is 2.39. The average molecular weight is 456 g/mol. The highest BCUT2D eigenvalue weighted by molar-refractivity contribution is 14.0. The minimum Gasteiger partial charge on any atom is -0.353 e. The molecule has 1 aromatic carbocycles. The predicted octanol–water partition coefficient (Wildman–Crippen LogP) is 4.02. The molecular weight excluding hydrogens is 431 g/mol. The van der Waals surface area contributed by atoms with Gasteiger partial charge < -0.3 is 10.2 Å². The Balaban J connectivity index is 0.00000208. The molecule has 1 heterocycles. The third-order valence-electron chi connectivity index (χ3n) is 4.07. The van der Waals surface area contributed by atoms with Gasteiger partial charge in [-0.15, -0.1) is 35.3 Å². The van der Waals surface area contributed by atoms with E-state index in [0.29, 0.717) is 12.0 Å². The van der Waals surface area contributed by atoms with Crippen LogP contribution in [-0.4, -0.2) is 35.5 Å². The lowest BCUT2D eigenvalue weighted by Gasteiger charge is -2.22. The van der Waals surface area contributed by atoms with Gasteiger partial charge in [-0.05, 0) is 25.8 Å². The number of nitrogens with zero attached hydrogens (tertiary/aromatic N) is 3. The van der Waals surface area contributed by atoms with Gasteiger partial charge in [0.2, 0.25) is 0 Å². The molecule has 2 unspecified atom stereocenters. The molecule has 1 saturated carbocycles. The summed E-state index contributed by atoms with van der Waals surface area (Å²) in [6, 6.07) is 11.2. The van der Waals surface area contributed by atoms with Crippen LogP contribution in [-0.2, 0) is 6.54 Å². The number of thiazole rings is 1. The van der Waals surface area contributed by atoms with Crippen LogP contribution < -0.4 is 5.32 Å². The first kappa shape index (κ1) is 19.2. The zero-order valence-electron chi connectivity index (χ0n) is 14.4. The molecule has 6 heteroatoms. The van der Waals surface area contributed by atoms with E-state index in [-0.39, 0.29) is 24.0 Å². The van der Waals surface area contributed by atoms with E-state index in [4.69, 9.17) is 0 Å². The van der Waals surface area contributed by atoms with Gasteiger partial charge in [0.05, 0.1) is 17.2 Å². The van der Waals surface area contributed by atoms with Crippen LogP contribution in [0.5, 0.6) is 0 Å². The molecule has 4 nitrogen and oxygen atoms in total. The van der Waals surface area contributed by atoms with Gasteiger partial charge in [-0.3, -0.25) is 4.99 Å². The Kier molecular flexibility index (Phi) is 7.03. The molecule has 0 aliphatic heterocycles. The summed E-state index contributed by atoms with van der Waals surface area (Å²) in [7, 11) is 2.08. The van der Waals surface area contributed by atoms with Crippen molar-refractivity contribution < 1.29 is 0 Å². The number of guanidine groups is 1. The normalized spacial score (nSPS) is 19.5. The topological polar surface area (TPSA) is 40.5 Å². The fourth-order valence-corrected chi connectivity index (χ4v) is 3.42. The molecule has 24 heavy (non-hydrogen) atoms. The van der Waals surface area contributed by atoms with Gasteiger partial charge in [0.15, 0.2) is 5.96 Å². The Morgan fingerprint density at radius 3 is 2.75 bits per heavy atom. The molecule has 1 aromatic heterocycles. The quantitative estimate of drug-likeness (QED) is 0.420. The van der Waals surface area contributed by atoms with Crippen molar-refractivity contribution >= 4 is 41.3 Å². The monoisotopic (exact) mass is 456 g/mol. The summed E-state index contributed by atoms with van der Waals surface area (Å²) < 4.78 is 0. The number of halogens is 1. The smallest absolute Gasteiger partial charge is 0.194 e. The number of rotatable bonds is 5. The minimum atomic E-state index is 0. The number of hydrogen-bond acceptors (Lipinski definition) is 3. The number of aryl methyl sites for hydroxylation is 1. The lowest BCUT2D eigenvalue weighted by atomic mass is 10.1. The molecule has 0 radical (unpaired) electrons. The largest absolute Gasteiger partial charge is 0.353 e. The van der Waals surface area contributed by atoms with Crippen molar-refractivity contribution in [3.63, 3.8) is 0 Å². The van der Waals surface area contributed by atoms with Crippen molar-refractivity contribution in [2.24, 2.45) is 4.99 Å². The van der Waals surface area contributed by atoms with Crippen LogP contribution in [0.25, 0.3) is 0 Å². The van der Waals surface area contributed by atoms with Gasteiger partial charge in [0, 0.05) is 30.9 Å². The van der Waals surface area contributed by atoms with E-state index < -0.39 is 0 Å². The fraction of sp³-hybridized carbons (Fsp3) is 0.444. The maximum Gasteiger partial charge on any atom is 0.194 e. The zero-order chi connectivity index (χ0) is 16.2. The van der Waals surface area contributed by atoms with Crippen LogP contribution in [0.3, 0.4) is 0 Å². The molecule has 1 fully saturated rings. The first-order valence-electron chi connectivity index (χ1n) is 8.15. The maximum absolute atomic E-state index is 4.64. The molecule has 0 saturated heterocycles. The van der Waals surface area contributed by atoms with Crippen molar-refractivity contribution in [1.29, 1.82) is 0 Å². The average Bonchev–Trinajstić information content (AvgIpc) is 3.21. The van der Waals surface area contributed by atoms with Crippen molar-refractivity contribution in [2.75, 3.05) is 13.6 Å². The third-order valence-corrected chi connectivity index (χ3v) is 4.89. The summed E-state index contributed by atoms with van der Waals surface area (Å²) in [6.07, 6.45) is 1.18. The Labute approximate surface area is 165 Å². The molecule has 130 valence electrons. The van der Waals surface area contributed by atoms with Crippen LogP contribution in [0, 0.1) is 6.92 Å². The number of benzene rings is 1. The van der Waals surface area contributed by atoms with Crippen LogP contribution in [0.1, 0.15) is 35.5 Å². The van der Waals surface area contributed by atoms with E-state index in [1.54, 1.807) is 11.3 Å². The van der Waals surface area contributed by atoms with Gasteiger partial charge in [-0.2, -0.15) is 0 Å². The number of aliphatic imine (C=N–C) groups is 1. The standard InChI is InChI=1S/C18H24N4S.HI/c1-4-19-18(22(3)11-15-12-23-13(2)20-15)21-17-10-16(17)14-8-6-5-7-9-14;/h5-9,12,16-17H,4,10-11H2,1-3H3,(H,19,21);1H. The summed E-state index contributed by atoms with van der Waals surface area (Å²) in [6.45, 7) is 5.69. The fourth-order valence-electron chi connectivity index (χ4n) is 2.81. The summed E-state index contributed by atoms with van der Waals surface area (Å²) in [5.74, 6) is 1.58. The van der Waals surface area contributed by atoms with E-state index in [1.165, 1.54) is 12.0 Å². The Morgan fingerprint density at radius 2 is 2.12 bits per heavy atom. The van der Waals surface area contributed by atoms with Crippen LogP contribution >= 0.6 is 35.3 Å². The number of nitrogens with one attached hydrogen (secondary N) is 1. The Hall–Kier alpha value is -1.15. The van der Waals surface area contributed by atoms with Crippen LogP contribution in [0.2, 0.25) is 0 Å². The van der Waals surface area contributed by atoms with Crippen LogP contribution in [0.15, 0.2) is 40.7 Å². The molecule has 0 amide bonds. The van der Waals surface area contributed by atoms with Crippen molar-refractivity contribution in [2.45, 2.75) is 38.8 Å². The molecule has 0 bridgehead atoms. The molecule has 1 aliphatic rings. The number of hydrogen-bond donors (Lipinski definition) is 1. The van der Waals surface area contributed by atoms with E-state index in [2.05, 4.69) is 69.9 Å². The molecule has 1 N–H and O–H groups in total. The van der Waals surface area contributed by atoms with E-state index >= 15 is 0 Å².